The van der Waals surface area contributed by atoms with Gasteiger partial charge in [-0.3, -0.25) is 4.57 Å². The first kappa shape index (κ1) is 27.5. The topological polar surface area (TPSA) is 27.7 Å². The minimum atomic E-state index is 1.02. The second-order valence-corrected chi connectivity index (χ2v) is 13.8. The van der Waals surface area contributed by atoms with Crippen molar-refractivity contribution in [1.82, 2.24) is 18.7 Å². The third kappa shape index (κ3) is 3.84. The number of nitrogens with zero attached hydrogens (tertiary/aromatic N) is 4. The third-order valence-corrected chi connectivity index (χ3v) is 11.2. The average Bonchev–Trinajstić information content (AvgIpc) is 3.95. The fraction of sp³-hybridized carbons (Fsp3) is 0. The summed E-state index contributed by atoms with van der Waals surface area (Å²) in [6, 6.07) is 59.1. The molecule has 11 rings (SSSR count). The van der Waals surface area contributed by atoms with Crippen molar-refractivity contribution >= 4 is 76.8 Å². The Morgan fingerprint density at radius 1 is 0.380 bits per heavy atom. The highest BCUT2D eigenvalue weighted by atomic mass is 32.1. The van der Waals surface area contributed by atoms with E-state index in [1.54, 1.807) is 11.3 Å². The number of hydrogen-bond acceptors (Lipinski definition) is 2. The van der Waals surface area contributed by atoms with Gasteiger partial charge in [0, 0.05) is 49.3 Å². The number of para-hydroxylation sites is 4. The highest BCUT2D eigenvalue weighted by Crippen LogP contribution is 2.43. The van der Waals surface area contributed by atoms with E-state index in [-0.39, 0.29) is 0 Å². The molecule has 0 saturated carbocycles. The van der Waals surface area contributed by atoms with E-state index < -0.39 is 0 Å². The molecule has 0 saturated heterocycles. The number of thiazole rings is 1. The Balaban J connectivity index is 1.18. The highest BCUT2D eigenvalue weighted by molar-refractivity contribution is 7.17. The zero-order valence-electron chi connectivity index (χ0n) is 26.9. The second kappa shape index (κ2) is 10.5. The van der Waals surface area contributed by atoms with Crippen LogP contribution in [0.25, 0.3) is 92.4 Å². The molecular formula is C45H28N4S. The SMILES string of the molecule is c1ccc(-c2ncc(-n3c4ccccc4c4c5c6ccccc6n(-c6cccc(-n7c8ccccc8c8ccccc87)c6)c5ccc43)s2)cc1. The summed E-state index contributed by atoms with van der Waals surface area (Å²) in [4.78, 5) is 4.87. The first-order valence-corrected chi connectivity index (χ1v) is 17.7. The van der Waals surface area contributed by atoms with E-state index in [4.69, 9.17) is 4.98 Å². The Labute approximate surface area is 291 Å². The first-order chi connectivity index (χ1) is 24.8. The van der Waals surface area contributed by atoms with Gasteiger partial charge in [-0.1, -0.05) is 121 Å². The second-order valence-electron chi connectivity index (χ2n) is 12.8. The molecule has 0 amide bonds. The van der Waals surface area contributed by atoms with Gasteiger partial charge in [-0.2, -0.15) is 0 Å². The number of rotatable bonds is 4. The van der Waals surface area contributed by atoms with Gasteiger partial charge in [0.25, 0.3) is 0 Å². The summed E-state index contributed by atoms with van der Waals surface area (Å²) in [6.07, 6.45) is 2.02. The fourth-order valence-electron chi connectivity index (χ4n) is 8.09. The molecule has 11 aromatic rings. The summed E-state index contributed by atoms with van der Waals surface area (Å²) in [6.45, 7) is 0. The maximum absolute atomic E-state index is 4.87. The number of benzene rings is 7. The molecule has 234 valence electrons. The van der Waals surface area contributed by atoms with Crippen molar-refractivity contribution in [3.05, 3.63) is 170 Å². The fourth-order valence-corrected chi connectivity index (χ4v) is 9.04. The van der Waals surface area contributed by atoms with Gasteiger partial charge < -0.3 is 9.13 Å². The van der Waals surface area contributed by atoms with Crippen LogP contribution in [0.4, 0.5) is 0 Å². The monoisotopic (exact) mass is 656 g/mol. The van der Waals surface area contributed by atoms with Gasteiger partial charge in [0.2, 0.25) is 0 Å². The molecule has 0 aliphatic carbocycles. The van der Waals surface area contributed by atoms with Crippen LogP contribution in [-0.2, 0) is 0 Å². The largest absolute Gasteiger partial charge is 0.309 e. The molecular weight excluding hydrogens is 629 g/mol. The van der Waals surface area contributed by atoms with Crippen LogP contribution in [0.15, 0.2) is 170 Å². The molecule has 0 fully saturated rings. The minimum absolute atomic E-state index is 1.02. The van der Waals surface area contributed by atoms with Crippen LogP contribution >= 0.6 is 11.3 Å². The number of hydrogen-bond donors (Lipinski definition) is 0. The van der Waals surface area contributed by atoms with Crippen LogP contribution in [0.1, 0.15) is 0 Å². The van der Waals surface area contributed by atoms with E-state index in [0.29, 0.717) is 0 Å². The van der Waals surface area contributed by atoms with Crippen LogP contribution in [0.3, 0.4) is 0 Å². The predicted octanol–water partition coefficient (Wildman–Crippen LogP) is 12.1. The van der Waals surface area contributed by atoms with E-state index in [1.165, 1.54) is 65.4 Å². The summed E-state index contributed by atoms with van der Waals surface area (Å²) < 4.78 is 7.23. The third-order valence-electron chi connectivity index (χ3n) is 10.1. The van der Waals surface area contributed by atoms with Gasteiger partial charge in [-0.15, -0.1) is 0 Å². The molecule has 4 aromatic heterocycles. The number of aromatic nitrogens is 4. The van der Waals surface area contributed by atoms with Crippen molar-refractivity contribution in [3.8, 4) is 26.9 Å². The summed E-state index contributed by atoms with van der Waals surface area (Å²) in [5.41, 5.74) is 10.6. The van der Waals surface area contributed by atoms with Crippen molar-refractivity contribution in [2.75, 3.05) is 0 Å². The van der Waals surface area contributed by atoms with E-state index in [1.807, 2.05) is 12.3 Å². The van der Waals surface area contributed by atoms with Crippen molar-refractivity contribution in [2.45, 2.75) is 0 Å². The predicted molar refractivity (Wildman–Crippen MR) is 211 cm³/mol. The van der Waals surface area contributed by atoms with Gasteiger partial charge in [0.15, 0.2) is 0 Å². The maximum atomic E-state index is 4.87. The lowest BCUT2D eigenvalue weighted by molar-refractivity contribution is 1.13. The van der Waals surface area contributed by atoms with Gasteiger partial charge >= 0.3 is 0 Å². The summed E-state index contributed by atoms with van der Waals surface area (Å²) in [5.74, 6) is 0. The molecule has 5 heteroatoms. The van der Waals surface area contributed by atoms with Gasteiger partial charge in [0.1, 0.15) is 10.0 Å². The number of fused-ring (bicyclic) bond motifs is 10. The molecule has 0 N–H and O–H groups in total. The molecule has 0 atom stereocenters. The van der Waals surface area contributed by atoms with Crippen LogP contribution in [0.5, 0.6) is 0 Å². The van der Waals surface area contributed by atoms with Gasteiger partial charge in [-0.25, -0.2) is 4.98 Å². The van der Waals surface area contributed by atoms with E-state index in [2.05, 4.69) is 171 Å². The molecule has 4 heterocycles. The van der Waals surface area contributed by atoms with Crippen LogP contribution in [0.2, 0.25) is 0 Å². The zero-order chi connectivity index (χ0) is 32.8. The highest BCUT2D eigenvalue weighted by Gasteiger charge is 2.22. The van der Waals surface area contributed by atoms with Gasteiger partial charge in [-0.05, 0) is 54.6 Å². The lowest BCUT2D eigenvalue weighted by Gasteiger charge is -2.13. The smallest absolute Gasteiger partial charge is 0.125 e. The standard InChI is InChI=1S/C45H28N4S/c1-2-13-29(14-3-1)45-46-28-42(50-45)49-39-24-11-7-20-35(39)44-41(49)26-25-40-43(44)34-19-6-10-23-38(34)48(40)31-16-12-15-30(27-31)47-36-21-8-4-17-32(36)33-18-5-9-22-37(33)47/h1-28H. The Kier molecular flexibility index (Phi) is 5.80. The summed E-state index contributed by atoms with van der Waals surface area (Å²) in [5, 5.41) is 9.67. The Morgan fingerprint density at radius 2 is 0.840 bits per heavy atom. The summed E-state index contributed by atoms with van der Waals surface area (Å²) >= 11 is 1.73. The molecule has 4 nitrogen and oxygen atoms in total. The molecule has 0 aliphatic heterocycles. The quantitative estimate of drug-likeness (QED) is 0.185. The van der Waals surface area contributed by atoms with Crippen molar-refractivity contribution < 1.29 is 0 Å². The zero-order valence-corrected chi connectivity index (χ0v) is 27.7. The summed E-state index contributed by atoms with van der Waals surface area (Å²) in [7, 11) is 0. The molecule has 7 aromatic carbocycles. The van der Waals surface area contributed by atoms with Gasteiger partial charge in [0.05, 0.1) is 39.3 Å². The lowest BCUT2D eigenvalue weighted by atomic mass is 10.1. The van der Waals surface area contributed by atoms with Crippen molar-refractivity contribution in [1.29, 1.82) is 0 Å². The molecule has 0 unspecified atom stereocenters. The first-order valence-electron chi connectivity index (χ1n) is 16.9. The molecule has 0 aliphatic rings. The van der Waals surface area contributed by atoms with E-state index >= 15 is 0 Å². The molecule has 0 spiro atoms. The minimum Gasteiger partial charge on any atom is -0.309 e. The molecule has 0 bridgehead atoms. The van der Waals surface area contributed by atoms with E-state index in [9.17, 15) is 0 Å². The van der Waals surface area contributed by atoms with Crippen molar-refractivity contribution in [2.24, 2.45) is 0 Å². The Hall–Kier alpha value is -6.43. The normalized spacial score (nSPS) is 12.0. The maximum Gasteiger partial charge on any atom is 0.125 e. The van der Waals surface area contributed by atoms with Crippen molar-refractivity contribution in [3.63, 3.8) is 0 Å². The Bertz CT molecular complexity index is 3050. The van der Waals surface area contributed by atoms with Crippen LogP contribution in [0, 0.1) is 0 Å². The van der Waals surface area contributed by atoms with E-state index in [0.717, 1.165) is 26.9 Å². The lowest BCUT2D eigenvalue weighted by Crippen LogP contribution is -1.98. The molecule has 50 heavy (non-hydrogen) atoms. The molecule has 0 radical (unpaired) electrons. The van der Waals surface area contributed by atoms with Crippen LogP contribution in [-0.4, -0.2) is 18.7 Å². The average molecular weight is 657 g/mol. The Morgan fingerprint density at radius 3 is 1.44 bits per heavy atom. The van der Waals surface area contributed by atoms with Crippen LogP contribution < -0.4 is 0 Å².